The van der Waals surface area contributed by atoms with Gasteiger partial charge in [-0.2, -0.15) is 0 Å². The molecule has 106 valence electrons. The van der Waals surface area contributed by atoms with Crippen LogP contribution in [0.2, 0.25) is 0 Å². The van der Waals surface area contributed by atoms with Crippen LogP contribution in [0.15, 0.2) is 0 Å². The van der Waals surface area contributed by atoms with Gasteiger partial charge in [-0.25, -0.2) is 0 Å². The van der Waals surface area contributed by atoms with Crippen molar-refractivity contribution in [2.75, 3.05) is 32.9 Å². The Morgan fingerprint density at radius 1 is 1.44 bits per heavy atom. The quantitative estimate of drug-likeness (QED) is 0.667. The molecular weight excluding hydrogens is 232 g/mol. The van der Waals surface area contributed by atoms with Gasteiger partial charge in [0.15, 0.2) is 0 Å². The van der Waals surface area contributed by atoms with Gasteiger partial charge in [0.05, 0.1) is 18.2 Å². The molecule has 0 aliphatic carbocycles. The molecular formula is C13H26N2O3. The number of amides is 1. The fourth-order valence-electron chi connectivity index (χ4n) is 1.71. The topological polar surface area (TPSA) is 59.6 Å². The molecule has 5 heteroatoms. The van der Waals surface area contributed by atoms with E-state index in [1.807, 2.05) is 13.8 Å². The van der Waals surface area contributed by atoms with Crippen LogP contribution in [0.3, 0.4) is 0 Å². The van der Waals surface area contributed by atoms with Gasteiger partial charge in [-0.1, -0.05) is 13.8 Å². The van der Waals surface area contributed by atoms with E-state index in [4.69, 9.17) is 9.47 Å². The van der Waals surface area contributed by atoms with E-state index in [-0.39, 0.29) is 24.2 Å². The molecule has 0 aromatic heterocycles. The average molecular weight is 258 g/mol. The highest BCUT2D eigenvalue weighted by atomic mass is 16.5. The predicted molar refractivity (Wildman–Crippen MR) is 70.5 cm³/mol. The zero-order valence-corrected chi connectivity index (χ0v) is 11.9. The number of rotatable bonds is 8. The third kappa shape index (κ3) is 4.92. The molecule has 5 nitrogen and oxygen atoms in total. The van der Waals surface area contributed by atoms with Crippen LogP contribution in [0.1, 0.15) is 27.7 Å². The lowest BCUT2D eigenvalue weighted by molar-refractivity contribution is -0.137. The number of nitrogens with one attached hydrogen (secondary N) is 2. The van der Waals surface area contributed by atoms with Gasteiger partial charge in [-0.3, -0.25) is 4.79 Å². The maximum atomic E-state index is 11.8. The van der Waals surface area contributed by atoms with Crippen molar-refractivity contribution in [2.45, 2.75) is 39.3 Å². The maximum Gasteiger partial charge on any atom is 0.246 e. The summed E-state index contributed by atoms with van der Waals surface area (Å²) in [6.07, 6.45) is 0. The normalized spacial score (nSPS) is 19.4. The van der Waals surface area contributed by atoms with Gasteiger partial charge in [0.25, 0.3) is 0 Å². The standard InChI is InChI=1S/C13H26N2O3/c1-5-17-6-11(10(2)3)15-12(16)7-18-13(4)8-14-9-13/h10-11,14H,5-9H2,1-4H3,(H,15,16). The fraction of sp³-hybridized carbons (Fsp3) is 0.923. The van der Waals surface area contributed by atoms with Gasteiger partial charge in [0, 0.05) is 19.7 Å². The molecule has 1 amide bonds. The molecule has 1 unspecified atom stereocenters. The summed E-state index contributed by atoms with van der Waals surface area (Å²) in [5, 5.41) is 6.10. The lowest BCUT2D eigenvalue weighted by atomic mass is 10.0. The van der Waals surface area contributed by atoms with Crippen LogP contribution in [0.25, 0.3) is 0 Å². The van der Waals surface area contributed by atoms with Crippen LogP contribution in [-0.4, -0.2) is 50.5 Å². The lowest BCUT2D eigenvalue weighted by Gasteiger charge is -2.38. The van der Waals surface area contributed by atoms with Gasteiger partial charge in [0.2, 0.25) is 5.91 Å². The second-order valence-corrected chi connectivity index (χ2v) is 5.42. The van der Waals surface area contributed by atoms with Crippen molar-refractivity contribution >= 4 is 5.91 Å². The molecule has 1 rings (SSSR count). The Hall–Kier alpha value is -0.650. The van der Waals surface area contributed by atoms with Gasteiger partial charge in [-0.05, 0) is 19.8 Å². The molecule has 2 N–H and O–H groups in total. The molecule has 0 bridgehead atoms. The molecule has 0 aromatic rings. The Balaban J connectivity index is 2.27. The number of ether oxygens (including phenoxy) is 2. The summed E-state index contributed by atoms with van der Waals surface area (Å²) in [7, 11) is 0. The Bertz CT molecular complexity index is 265. The van der Waals surface area contributed by atoms with E-state index < -0.39 is 0 Å². The zero-order chi connectivity index (χ0) is 13.6. The number of hydrogen-bond acceptors (Lipinski definition) is 4. The average Bonchev–Trinajstić information content (AvgIpc) is 2.29. The van der Waals surface area contributed by atoms with Gasteiger partial charge < -0.3 is 20.1 Å². The van der Waals surface area contributed by atoms with Crippen molar-refractivity contribution in [3.63, 3.8) is 0 Å². The SMILES string of the molecule is CCOCC(NC(=O)COC1(C)CNC1)C(C)C. The summed E-state index contributed by atoms with van der Waals surface area (Å²) in [5.74, 6) is 0.281. The van der Waals surface area contributed by atoms with Crippen molar-refractivity contribution in [3.8, 4) is 0 Å². The van der Waals surface area contributed by atoms with Crippen LogP contribution >= 0.6 is 0 Å². The van der Waals surface area contributed by atoms with E-state index in [1.54, 1.807) is 0 Å². The summed E-state index contributed by atoms with van der Waals surface area (Å²) >= 11 is 0. The molecule has 0 saturated carbocycles. The second kappa shape index (κ2) is 7.07. The minimum Gasteiger partial charge on any atom is -0.380 e. The summed E-state index contributed by atoms with van der Waals surface area (Å²) in [6, 6.07) is 0.0494. The Kier molecular flexibility index (Phi) is 6.05. The lowest BCUT2D eigenvalue weighted by Crippen LogP contribution is -2.60. The van der Waals surface area contributed by atoms with Crippen LogP contribution < -0.4 is 10.6 Å². The molecule has 1 aliphatic heterocycles. The maximum absolute atomic E-state index is 11.8. The summed E-state index contributed by atoms with van der Waals surface area (Å²) < 4.78 is 11.0. The summed E-state index contributed by atoms with van der Waals surface area (Å²) in [4.78, 5) is 11.8. The predicted octanol–water partition coefficient (Wildman–Crippen LogP) is 0.542. The van der Waals surface area contributed by atoms with Crippen LogP contribution in [0.4, 0.5) is 0 Å². The smallest absolute Gasteiger partial charge is 0.246 e. The third-order valence-electron chi connectivity index (χ3n) is 3.20. The highest BCUT2D eigenvalue weighted by Gasteiger charge is 2.33. The second-order valence-electron chi connectivity index (χ2n) is 5.42. The van der Waals surface area contributed by atoms with Crippen molar-refractivity contribution in [3.05, 3.63) is 0 Å². The monoisotopic (exact) mass is 258 g/mol. The highest BCUT2D eigenvalue weighted by molar-refractivity contribution is 5.77. The number of hydrogen-bond donors (Lipinski definition) is 2. The molecule has 0 spiro atoms. The molecule has 1 fully saturated rings. The molecule has 1 heterocycles. The number of carbonyl (C=O) groups is 1. The van der Waals surface area contributed by atoms with Crippen molar-refractivity contribution in [1.29, 1.82) is 0 Å². The third-order valence-corrected chi connectivity index (χ3v) is 3.20. The zero-order valence-electron chi connectivity index (χ0n) is 11.9. The Morgan fingerprint density at radius 3 is 2.56 bits per heavy atom. The van der Waals surface area contributed by atoms with Crippen molar-refractivity contribution in [1.82, 2.24) is 10.6 Å². The molecule has 18 heavy (non-hydrogen) atoms. The fourth-order valence-corrected chi connectivity index (χ4v) is 1.71. The largest absolute Gasteiger partial charge is 0.380 e. The Morgan fingerprint density at radius 2 is 2.11 bits per heavy atom. The molecule has 1 aliphatic rings. The Labute approximate surface area is 110 Å². The van der Waals surface area contributed by atoms with Crippen molar-refractivity contribution in [2.24, 2.45) is 5.92 Å². The minimum absolute atomic E-state index is 0.0494. The van der Waals surface area contributed by atoms with Gasteiger partial charge in [0.1, 0.15) is 6.61 Å². The van der Waals surface area contributed by atoms with Gasteiger partial charge >= 0.3 is 0 Å². The first-order valence-corrected chi connectivity index (χ1v) is 6.68. The van der Waals surface area contributed by atoms with E-state index in [0.717, 1.165) is 13.1 Å². The highest BCUT2D eigenvalue weighted by Crippen LogP contribution is 2.14. The van der Waals surface area contributed by atoms with E-state index >= 15 is 0 Å². The minimum atomic E-state index is -0.176. The molecule has 1 saturated heterocycles. The van der Waals surface area contributed by atoms with Crippen LogP contribution in [-0.2, 0) is 14.3 Å². The summed E-state index contributed by atoms with van der Waals surface area (Å²) in [6.45, 7) is 11.1. The first-order valence-electron chi connectivity index (χ1n) is 6.68. The van der Waals surface area contributed by atoms with Crippen LogP contribution in [0, 0.1) is 5.92 Å². The van der Waals surface area contributed by atoms with Gasteiger partial charge in [-0.15, -0.1) is 0 Å². The van der Waals surface area contributed by atoms with E-state index in [0.29, 0.717) is 19.1 Å². The van der Waals surface area contributed by atoms with Crippen LogP contribution in [0.5, 0.6) is 0 Å². The molecule has 0 radical (unpaired) electrons. The molecule has 1 atom stereocenters. The van der Waals surface area contributed by atoms with E-state index in [9.17, 15) is 4.79 Å². The van der Waals surface area contributed by atoms with Crippen molar-refractivity contribution < 1.29 is 14.3 Å². The van der Waals surface area contributed by atoms with E-state index in [2.05, 4.69) is 24.5 Å². The first-order chi connectivity index (χ1) is 8.47. The first kappa shape index (κ1) is 15.4. The van der Waals surface area contributed by atoms with E-state index in [1.165, 1.54) is 0 Å². The molecule has 0 aromatic carbocycles. The number of carbonyl (C=O) groups excluding carboxylic acids is 1. The summed E-state index contributed by atoms with van der Waals surface area (Å²) in [5.41, 5.74) is -0.176.